The van der Waals surface area contributed by atoms with E-state index in [0.717, 1.165) is 18.5 Å². The van der Waals surface area contributed by atoms with Crippen molar-refractivity contribution in [1.29, 1.82) is 0 Å². The van der Waals surface area contributed by atoms with E-state index in [1.165, 1.54) is 48.0 Å². The highest BCUT2D eigenvalue weighted by Gasteiger charge is 2.26. The lowest BCUT2D eigenvalue weighted by Gasteiger charge is -2.40. The molecule has 1 aliphatic heterocycles. The Labute approximate surface area is 131 Å². The first-order valence-corrected chi connectivity index (χ1v) is 8.73. The van der Waals surface area contributed by atoms with Crippen molar-refractivity contribution in [3.05, 3.63) is 28.2 Å². The molecule has 2 aliphatic rings. The quantitative estimate of drug-likeness (QED) is 0.880. The van der Waals surface area contributed by atoms with E-state index in [9.17, 15) is 0 Å². The van der Waals surface area contributed by atoms with Crippen LogP contribution in [0, 0.1) is 5.92 Å². The van der Waals surface area contributed by atoms with E-state index >= 15 is 0 Å². The molecule has 20 heavy (non-hydrogen) atoms. The number of benzene rings is 1. The van der Waals surface area contributed by atoms with Gasteiger partial charge in [-0.2, -0.15) is 0 Å². The minimum atomic E-state index is 0.635. The average Bonchev–Trinajstić information content (AvgIpc) is 3.24. The molecule has 1 heterocycles. The molecule has 1 N–H and O–H groups in total. The highest BCUT2D eigenvalue weighted by molar-refractivity contribution is 9.10. The molecule has 3 heteroatoms. The summed E-state index contributed by atoms with van der Waals surface area (Å²) in [6.45, 7) is 6.91. The predicted molar refractivity (Wildman–Crippen MR) is 89.2 cm³/mol. The Morgan fingerprint density at radius 3 is 2.75 bits per heavy atom. The fourth-order valence-corrected chi connectivity index (χ4v) is 3.77. The maximum Gasteiger partial charge on any atom is 0.0513 e. The lowest BCUT2D eigenvalue weighted by atomic mass is 9.91. The monoisotopic (exact) mass is 336 g/mol. The number of nitrogens with zero attached hydrogens (tertiary/aromatic N) is 1. The lowest BCUT2D eigenvalue weighted by molar-refractivity contribution is 0.363. The number of hydrogen-bond acceptors (Lipinski definition) is 2. The average molecular weight is 337 g/mol. The molecule has 1 saturated carbocycles. The molecule has 3 rings (SSSR count). The zero-order valence-corrected chi connectivity index (χ0v) is 14.1. The minimum absolute atomic E-state index is 0.635. The first-order chi connectivity index (χ1) is 9.65. The second-order valence-corrected chi connectivity index (χ2v) is 7.35. The number of piperidine rings is 1. The molecule has 0 bridgehead atoms. The number of nitrogens with one attached hydrogen (secondary N) is 1. The summed E-state index contributed by atoms with van der Waals surface area (Å²) in [7, 11) is 0. The summed E-state index contributed by atoms with van der Waals surface area (Å²) in [5.41, 5.74) is 2.74. The van der Waals surface area contributed by atoms with E-state index in [4.69, 9.17) is 0 Å². The molecular weight excluding hydrogens is 312 g/mol. The van der Waals surface area contributed by atoms with Crippen LogP contribution < -0.4 is 10.2 Å². The van der Waals surface area contributed by atoms with Gasteiger partial charge in [0.1, 0.15) is 0 Å². The Balaban J connectivity index is 1.72. The maximum atomic E-state index is 3.78. The first kappa shape index (κ1) is 14.4. The second kappa shape index (κ2) is 6.07. The lowest BCUT2D eigenvalue weighted by Crippen LogP contribution is -2.42. The van der Waals surface area contributed by atoms with Gasteiger partial charge in [0, 0.05) is 29.6 Å². The molecule has 110 valence electrons. The Morgan fingerprint density at radius 1 is 1.25 bits per heavy atom. The molecule has 0 amide bonds. The number of rotatable bonds is 4. The van der Waals surface area contributed by atoms with Gasteiger partial charge in [-0.05, 0) is 72.2 Å². The van der Waals surface area contributed by atoms with Crippen molar-refractivity contribution in [2.75, 3.05) is 11.4 Å². The zero-order valence-electron chi connectivity index (χ0n) is 12.5. The predicted octanol–water partition coefficient (Wildman–Crippen LogP) is 4.33. The Hall–Kier alpha value is -0.540. The van der Waals surface area contributed by atoms with Crippen molar-refractivity contribution >= 4 is 21.6 Å². The van der Waals surface area contributed by atoms with E-state index in [2.05, 4.69) is 58.2 Å². The SMILES string of the molecule is CC1CCCN(c2ccc(CNC3CC3)cc2Br)C1C. The van der Waals surface area contributed by atoms with E-state index in [0.29, 0.717) is 6.04 Å². The summed E-state index contributed by atoms with van der Waals surface area (Å²) in [5.74, 6) is 0.784. The third-order valence-corrected chi connectivity index (χ3v) is 5.50. The molecule has 0 spiro atoms. The van der Waals surface area contributed by atoms with E-state index < -0.39 is 0 Å². The molecule has 0 radical (unpaired) electrons. The van der Waals surface area contributed by atoms with Gasteiger partial charge < -0.3 is 10.2 Å². The third-order valence-electron chi connectivity index (χ3n) is 4.87. The van der Waals surface area contributed by atoms with Gasteiger partial charge in [-0.15, -0.1) is 0 Å². The maximum absolute atomic E-state index is 3.78. The summed E-state index contributed by atoms with van der Waals surface area (Å²) in [5, 5.41) is 3.58. The third kappa shape index (κ3) is 3.20. The van der Waals surface area contributed by atoms with Crippen LogP contribution in [0.4, 0.5) is 5.69 Å². The van der Waals surface area contributed by atoms with E-state index in [-0.39, 0.29) is 0 Å². The van der Waals surface area contributed by atoms with Crippen LogP contribution in [-0.4, -0.2) is 18.6 Å². The van der Waals surface area contributed by atoms with Crippen molar-refractivity contribution < 1.29 is 0 Å². The van der Waals surface area contributed by atoms with Gasteiger partial charge in [0.25, 0.3) is 0 Å². The summed E-state index contributed by atoms with van der Waals surface area (Å²) >= 11 is 3.78. The molecule has 2 atom stereocenters. The highest BCUT2D eigenvalue weighted by atomic mass is 79.9. The number of hydrogen-bond donors (Lipinski definition) is 1. The zero-order chi connectivity index (χ0) is 14.1. The number of halogens is 1. The van der Waals surface area contributed by atoms with Crippen LogP contribution in [-0.2, 0) is 6.54 Å². The van der Waals surface area contributed by atoms with Crippen molar-refractivity contribution in [2.24, 2.45) is 5.92 Å². The van der Waals surface area contributed by atoms with Gasteiger partial charge in [0.2, 0.25) is 0 Å². The fourth-order valence-electron chi connectivity index (χ4n) is 3.12. The molecule has 2 nitrogen and oxygen atoms in total. The van der Waals surface area contributed by atoms with Gasteiger partial charge in [-0.3, -0.25) is 0 Å². The Kier molecular flexibility index (Phi) is 4.37. The van der Waals surface area contributed by atoms with Crippen LogP contribution in [0.25, 0.3) is 0 Å². The fraction of sp³-hybridized carbons (Fsp3) is 0.647. The molecule has 1 aromatic carbocycles. The van der Waals surface area contributed by atoms with Crippen LogP contribution in [0.15, 0.2) is 22.7 Å². The van der Waals surface area contributed by atoms with Crippen molar-refractivity contribution in [3.63, 3.8) is 0 Å². The Bertz CT molecular complexity index is 470. The molecule has 2 fully saturated rings. The van der Waals surface area contributed by atoms with Gasteiger partial charge in [0.15, 0.2) is 0 Å². The minimum Gasteiger partial charge on any atom is -0.368 e. The van der Waals surface area contributed by atoms with E-state index in [1.54, 1.807) is 0 Å². The highest BCUT2D eigenvalue weighted by Crippen LogP contribution is 2.34. The van der Waals surface area contributed by atoms with Gasteiger partial charge in [-0.1, -0.05) is 13.0 Å². The van der Waals surface area contributed by atoms with Crippen molar-refractivity contribution in [1.82, 2.24) is 5.32 Å². The first-order valence-electron chi connectivity index (χ1n) is 7.93. The van der Waals surface area contributed by atoms with Crippen molar-refractivity contribution in [3.8, 4) is 0 Å². The van der Waals surface area contributed by atoms with Crippen LogP contribution >= 0.6 is 15.9 Å². The largest absolute Gasteiger partial charge is 0.368 e. The van der Waals surface area contributed by atoms with E-state index in [1.807, 2.05) is 0 Å². The molecule has 1 aliphatic carbocycles. The Morgan fingerprint density at radius 2 is 2.05 bits per heavy atom. The molecule has 0 aromatic heterocycles. The summed E-state index contributed by atoms with van der Waals surface area (Å²) in [4.78, 5) is 2.57. The molecule has 2 unspecified atom stereocenters. The van der Waals surface area contributed by atoms with Gasteiger partial charge in [0.05, 0.1) is 5.69 Å². The van der Waals surface area contributed by atoms with Gasteiger partial charge in [-0.25, -0.2) is 0 Å². The molecule has 1 aromatic rings. The molecular formula is C17H25BrN2. The number of anilines is 1. The van der Waals surface area contributed by atoms with Crippen LogP contribution in [0.1, 0.15) is 45.1 Å². The topological polar surface area (TPSA) is 15.3 Å². The summed E-state index contributed by atoms with van der Waals surface area (Å²) in [6, 6.07) is 8.27. The molecule has 1 saturated heterocycles. The van der Waals surface area contributed by atoms with Crippen LogP contribution in [0.2, 0.25) is 0 Å². The summed E-state index contributed by atoms with van der Waals surface area (Å²) < 4.78 is 1.24. The second-order valence-electron chi connectivity index (χ2n) is 6.49. The standard InChI is InChI=1S/C17H25BrN2/c1-12-4-3-9-20(13(12)2)17-8-5-14(10-16(17)18)11-19-15-6-7-15/h5,8,10,12-13,15,19H,3-4,6-7,9,11H2,1-2H3. The summed E-state index contributed by atoms with van der Waals surface area (Å²) in [6.07, 6.45) is 5.37. The van der Waals surface area contributed by atoms with Gasteiger partial charge >= 0.3 is 0 Å². The van der Waals surface area contributed by atoms with Crippen LogP contribution in [0.3, 0.4) is 0 Å². The smallest absolute Gasteiger partial charge is 0.0513 e. The van der Waals surface area contributed by atoms with Crippen LogP contribution in [0.5, 0.6) is 0 Å². The normalized spacial score (nSPS) is 26.9. The van der Waals surface area contributed by atoms with Crippen molar-refractivity contribution in [2.45, 2.75) is 58.2 Å².